The molecule has 4 amide bonds. The topological polar surface area (TPSA) is 76.2 Å². The number of carbonyl (C=O) groups is 3. The maximum absolute atomic E-state index is 12.8. The van der Waals surface area contributed by atoms with Crippen molar-refractivity contribution in [2.45, 2.75) is 51.0 Å². The molecule has 0 aromatic heterocycles. The number of piperidine rings is 2. The summed E-state index contributed by atoms with van der Waals surface area (Å²) in [7, 11) is 4.00. The summed E-state index contributed by atoms with van der Waals surface area (Å²) in [6.45, 7) is 4.94. The summed E-state index contributed by atoms with van der Waals surface area (Å²) in [5.74, 6) is 0.666. The highest BCUT2D eigenvalue weighted by Crippen LogP contribution is 2.25. The number of nitrogens with zero attached hydrogens (tertiary/aromatic N) is 4. The predicted octanol–water partition coefficient (Wildman–Crippen LogP) is 2.65. The number of benzene rings is 1. The Bertz CT molecular complexity index is 875. The lowest BCUT2D eigenvalue weighted by Gasteiger charge is -2.38. The minimum Gasteiger partial charge on any atom is -0.345 e. The number of likely N-dealkylation sites (tertiary alicyclic amines) is 2. The van der Waals surface area contributed by atoms with Crippen LogP contribution in [0.1, 0.15) is 44.1 Å². The zero-order valence-electron chi connectivity index (χ0n) is 20.7. The molecular weight excluding hydrogens is 430 g/mol. The van der Waals surface area contributed by atoms with Crippen LogP contribution in [0.15, 0.2) is 24.3 Å². The zero-order chi connectivity index (χ0) is 24.1. The number of fused-ring (bicyclic) bond motifs is 1. The lowest BCUT2D eigenvalue weighted by molar-refractivity contribution is -0.137. The van der Waals surface area contributed by atoms with Crippen molar-refractivity contribution in [1.82, 2.24) is 19.6 Å². The van der Waals surface area contributed by atoms with Gasteiger partial charge in [-0.15, -0.1) is 0 Å². The van der Waals surface area contributed by atoms with Gasteiger partial charge in [-0.2, -0.15) is 0 Å². The maximum Gasteiger partial charge on any atom is 0.322 e. The molecule has 3 aliphatic rings. The Balaban J connectivity index is 1.19. The highest BCUT2D eigenvalue weighted by Gasteiger charge is 2.31. The van der Waals surface area contributed by atoms with Gasteiger partial charge in [0.05, 0.1) is 0 Å². The molecule has 1 aromatic carbocycles. The van der Waals surface area contributed by atoms with Crippen molar-refractivity contribution in [3.8, 4) is 0 Å². The average Bonchev–Trinajstić information content (AvgIpc) is 3.02. The van der Waals surface area contributed by atoms with E-state index in [0.717, 1.165) is 63.0 Å². The number of amides is 4. The molecule has 8 nitrogen and oxygen atoms in total. The quantitative estimate of drug-likeness (QED) is 0.695. The first kappa shape index (κ1) is 24.5. The molecule has 0 saturated carbocycles. The molecule has 3 heterocycles. The fourth-order valence-corrected chi connectivity index (χ4v) is 5.46. The molecule has 4 rings (SSSR count). The van der Waals surface area contributed by atoms with E-state index in [1.54, 1.807) is 0 Å². The molecule has 0 spiro atoms. The van der Waals surface area contributed by atoms with E-state index in [9.17, 15) is 14.4 Å². The van der Waals surface area contributed by atoms with Crippen LogP contribution in [-0.2, 0) is 16.0 Å². The molecule has 2 saturated heterocycles. The van der Waals surface area contributed by atoms with Gasteiger partial charge in [-0.05, 0) is 69.8 Å². The maximum atomic E-state index is 12.8. The van der Waals surface area contributed by atoms with Crippen LogP contribution in [-0.4, -0.2) is 96.9 Å². The second kappa shape index (κ2) is 11.2. The Kier molecular flexibility index (Phi) is 8.08. The van der Waals surface area contributed by atoms with Crippen LogP contribution in [0, 0.1) is 5.92 Å². The molecule has 0 atom stereocenters. The standard InChI is InChI=1S/C26H39N5O3/c1-28-14-9-20(10-15-28)19-29(2)24(32)7-8-25(33)30-16-12-22(13-17-30)31-18-11-21-5-3-4-6-23(21)27-26(31)34/h3-6,20,22H,7-19H2,1-2H3,(H,27,34). The summed E-state index contributed by atoms with van der Waals surface area (Å²) in [5, 5.41) is 3.04. The first-order valence-corrected chi connectivity index (χ1v) is 12.8. The van der Waals surface area contributed by atoms with Crippen molar-refractivity contribution in [1.29, 1.82) is 0 Å². The molecule has 8 heteroatoms. The SMILES string of the molecule is CN1CCC(CN(C)C(=O)CCC(=O)N2CCC(N3CCc4ccccc4NC3=O)CC2)CC1. The van der Waals surface area contributed by atoms with Gasteiger partial charge in [-0.3, -0.25) is 9.59 Å². The number of nitrogens with one attached hydrogen (secondary N) is 1. The largest absolute Gasteiger partial charge is 0.345 e. The van der Waals surface area contributed by atoms with Crippen molar-refractivity contribution in [2.24, 2.45) is 5.92 Å². The van der Waals surface area contributed by atoms with Gasteiger partial charge >= 0.3 is 6.03 Å². The lowest BCUT2D eigenvalue weighted by atomic mass is 9.96. The number of anilines is 1. The van der Waals surface area contributed by atoms with Gasteiger partial charge in [-0.1, -0.05) is 18.2 Å². The van der Waals surface area contributed by atoms with Gasteiger partial charge in [0.1, 0.15) is 0 Å². The molecule has 34 heavy (non-hydrogen) atoms. The van der Waals surface area contributed by atoms with E-state index in [2.05, 4.69) is 23.3 Å². The van der Waals surface area contributed by atoms with Gasteiger partial charge in [0, 0.05) is 57.8 Å². The number of hydrogen-bond acceptors (Lipinski definition) is 4. The fraction of sp³-hybridized carbons (Fsp3) is 0.654. The summed E-state index contributed by atoms with van der Waals surface area (Å²) in [6, 6.07) is 8.05. The average molecular weight is 470 g/mol. The molecule has 2 fully saturated rings. The Hall–Kier alpha value is -2.61. The van der Waals surface area contributed by atoms with E-state index in [0.29, 0.717) is 25.6 Å². The smallest absolute Gasteiger partial charge is 0.322 e. The Morgan fingerprint density at radius 3 is 2.44 bits per heavy atom. The summed E-state index contributed by atoms with van der Waals surface area (Å²) in [5.41, 5.74) is 2.06. The predicted molar refractivity (Wildman–Crippen MR) is 133 cm³/mol. The van der Waals surface area contributed by atoms with Gasteiger partial charge in [0.15, 0.2) is 0 Å². The Labute approximate surface area is 203 Å². The summed E-state index contributed by atoms with van der Waals surface area (Å²) in [6.07, 6.45) is 5.18. The molecule has 1 N–H and O–H groups in total. The Morgan fingerprint density at radius 2 is 1.71 bits per heavy atom. The minimum atomic E-state index is -0.0482. The van der Waals surface area contributed by atoms with Crippen LogP contribution < -0.4 is 5.32 Å². The second-order valence-electron chi connectivity index (χ2n) is 10.2. The van der Waals surface area contributed by atoms with E-state index in [1.807, 2.05) is 39.9 Å². The number of hydrogen-bond donors (Lipinski definition) is 1. The molecule has 0 bridgehead atoms. The summed E-state index contributed by atoms with van der Waals surface area (Å²) in [4.78, 5) is 46.1. The monoisotopic (exact) mass is 469 g/mol. The van der Waals surface area contributed by atoms with Crippen LogP contribution in [0.5, 0.6) is 0 Å². The molecule has 0 radical (unpaired) electrons. The summed E-state index contributed by atoms with van der Waals surface area (Å²) < 4.78 is 0. The lowest BCUT2D eigenvalue weighted by Crippen LogP contribution is -2.50. The minimum absolute atomic E-state index is 0.0482. The normalized spacial score (nSPS) is 20.5. The Morgan fingerprint density at radius 1 is 1.00 bits per heavy atom. The van der Waals surface area contributed by atoms with Crippen molar-refractivity contribution < 1.29 is 14.4 Å². The second-order valence-corrected chi connectivity index (χ2v) is 10.2. The van der Waals surface area contributed by atoms with E-state index in [-0.39, 0.29) is 36.7 Å². The van der Waals surface area contributed by atoms with Crippen LogP contribution in [0.4, 0.5) is 10.5 Å². The molecule has 0 unspecified atom stereocenters. The third-order valence-corrected chi connectivity index (χ3v) is 7.75. The molecule has 0 aliphatic carbocycles. The van der Waals surface area contributed by atoms with Gasteiger partial charge in [-0.25, -0.2) is 4.79 Å². The molecule has 3 aliphatic heterocycles. The van der Waals surface area contributed by atoms with Crippen molar-refractivity contribution >= 4 is 23.5 Å². The van der Waals surface area contributed by atoms with Gasteiger partial charge < -0.3 is 24.9 Å². The van der Waals surface area contributed by atoms with Gasteiger partial charge in [0.2, 0.25) is 11.8 Å². The number of rotatable bonds is 6. The fourth-order valence-electron chi connectivity index (χ4n) is 5.46. The highest BCUT2D eigenvalue weighted by molar-refractivity contribution is 5.91. The number of carbonyl (C=O) groups excluding carboxylic acids is 3. The van der Waals surface area contributed by atoms with E-state index in [4.69, 9.17) is 0 Å². The van der Waals surface area contributed by atoms with Gasteiger partial charge in [0.25, 0.3) is 0 Å². The van der Waals surface area contributed by atoms with Crippen LogP contribution >= 0.6 is 0 Å². The van der Waals surface area contributed by atoms with Crippen molar-refractivity contribution in [2.75, 3.05) is 58.7 Å². The first-order chi connectivity index (χ1) is 16.4. The van der Waals surface area contributed by atoms with Crippen LogP contribution in [0.2, 0.25) is 0 Å². The number of para-hydroxylation sites is 1. The molecule has 1 aromatic rings. The third-order valence-electron chi connectivity index (χ3n) is 7.75. The van der Waals surface area contributed by atoms with E-state index < -0.39 is 0 Å². The van der Waals surface area contributed by atoms with Crippen LogP contribution in [0.25, 0.3) is 0 Å². The van der Waals surface area contributed by atoms with Crippen molar-refractivity contribution in [3.63, 3.8) is 0 Å². The molecule has 186 valence electrons. The van der Waals surface area contributed by atoms with E-state index >= 15 is 0 Å². The highest BCUT2D eigenvalue weighted by atomic mass is 16.2. The molecular formula is C26H39N5O3. The first-order valence-electron chi connectivity index (χ1n) is 12.8. The number of urea groups is 1. The van der Waals surface area contributed by atoms with E-state index in [1.165, 1.54) is 0 Å². The van der Waals surface area contributed by atoms with Crippen LogP contribution in [0.3, 0.4) is 0 Å². The third kappa shape index (κ3) is 6.09. The zero-order valence-corrected chi connectivity index (χ0v) is 20.7. The summed E-state index contributed by atoms with van der Waals surface area (Å²) >= 11 is 0. The van der Waals surface area contributed by atoms with Crippen molar-refractivity contribution in [3.05, 3.63) is 29.8 Å².